The van der Waals surface area contributed by atoms with E-state index >= 15 is 0 Å². The van der Waals surface area contributed by atoms with Gasteiger partial charge in [0.2, 0.25) is 0 Å². The molecule has 56 heavy (non-hydrogen) atoms. The van der Waals surface area contributed by atoms with Crippen LogP contribution in [0.3, 0.4) is 0 Å². The molecular formula is C51H32N4S. The molecule has 3 heterocycles. The number of thiophene rings is 1. The van der Waals surface area contributed by atoms with Gasteiger partial charge in [-0.05, 0) is 76.9 Å². The molecule has 0 fully saturated rings. The first-order chi connectivity index (χ1) is 27.7. The standard InChI is InChI=1S/C51H32N4S/c1-4-15-33(16-5-1)37-27-38(29-39(28-37)51-53-49(34-17-6-2-7-18-34)52-50(54-51)35-19-8-3-9-20-35)36-21-14-22-40(30-36)55-45-25-12-10-23-41(45)43-31-44-42-24-11-13-26-47(42)56-48(44)32-46(43)55/h1-32H. The van der Waals surface area contributed by atoms with Crippen molar-refractivity contribution in [3.05, 3.63) is 194 Å². The predicted octanol–water partition coefficient (Wildman–Crippen LogP) is 13.7. The van der Waals surface area contributed by atoms with Crippen LogP contribution in [0.15, 0.2) is 194 Å². The van der Waals surface area contributed by atoms with E-state index in [0.717, 1.165) is 44.6 Å². The minimum absolute atomic E-state index is 0.627. The number of nitrogens with zero attached hydrogens (tertiary/aromatic N) is 4. The molecule has 0 aliphatic rings. The zero-order chi connectivity index (χ0) is 37.0. The Kier molecular flexibility index (Phi) is 7.64. The van der Waals surface area contributed by atoms with E-state index in [4.69, 9.17) is 15.0 Å². The van der Waals surface area contributed by atoms with Crippen LogP contribution in [0.5, 0.6) is 0 Å². The number of benzene rings is 8. The number of hydrogen-bond acceptors (Lipinski definition) is 4. The number of fused-ring (bicyclic) bond motifs is 6. The summed E-state index contributed by atoms with van der Waals surface area (Å²) < 4.78 is 5.03. The van der Waals surface area contributed by atoms with Crippen molar-refractivity contribution >= 4 is 53.3 Å². The summed E-state index contributed by atoms with van der Waals surface area (Å²) in [5, 5.41) is 5.13. The third-order valence-electron chi connectivity index (χ3n) is 10.6. The van der Waals surface area contributed by atoms with Gasteiger partial charge in [-0.1, -0.05) is 140 Å². The van der Waals surface area contributed by atoms with Crippen molar-refractivity contribution in [2.45, 2.75) is 0 Å². The largest absolute Gasteiger partial charge is 0.309 e. The lowest BCUT2D eigenvalue weighted by Crippen LogP contribution is -2.00. The van der Waals surface area contributed by atoms with Gasteiger partial charge in [-0.3, -0.25) is 0 Å². The molecule has 0 N–H and O–H groups in total. The van der Waals surface area contributed by atoms with Crippen molar-refractivity contribution in [2.75, 3.05) is 0 Å². The second-order valence-electron chi connectivity index (χ2n) is 14.1. The van der Waals surface area contributed by atoms with Crippen LogP contribution in [0, 0.1) is 0 Å². The highest BCUT2D eigenvalue weighted by Gasteiger charge is 2.18. The molecule has 0 saturated carbocycles. The lowest BCUT2D eigenvalue weighted by atomic mass is 9.95. The van der Waals surface area contributed by atoms with Gasteiger partial charge < -0.3 is 4.57 Å². The molecule has 0 amide bonds. The fraction of sp³-hybridized carbons (Fsp3) is 0. The summed E-state index contributed by atoms with van der Waals surface area (Å²) in [6, 6.07) is 68.7. The van der Waals surface area contributed by atoms with Crippen LogP contribution in [-0.4, -0.2) is 19.5 Å². The van der Waals surface area contributed by atoms with Gasteiger partial charge in [0, 0.05) is 53.3 Å². The van der Waals surface area contributed by atoms with Crippen LogP contribution >= 0.6 is 11.3 Å². The molecule has 0 aliphatic heterocycles. The van der Waals surface area contributed by atoms with E-state index in [1.54, 1.807) is 0 Å². The van der Waals surface area contributed by atoms with Gasteiger partial charge in [0.25, 0.3) is 0 Å². The van der Waals surface area contributed by atoms with Crippen molar-refractivity contribution in [2.24, 2.45) is 0 Å². The number of para-hydroxylation sites is 1. The molecule has 0 unspecified atom stereocenters. The first kappa shape index (κ1) is 32.2. The average Bonchev–Trinajstić information content (AvgIpc) is 3.81. The minimum atomic E-state index is 0.627. The van der Waals surface area contributed by atoms with E-state index in [1.807, 2.05) is 72.0 Å². The first-order valence-electron chi connectivity index (χ1n) is 18.8. The van der Waals surface area contributed by atoms with E-state index in [0.29, 0.717) is 17.5 Å². The molecule has 0 spiro atoms. The second kappa shape index (κ2) is 13.3. The minimum Gasteiger partial charge on any atom is -0.309 e. The second-order valence-corrected chi connectivity index (χ2v) is 15.2. The highest BCUT2D eigenvalue weighted by molar-refractivity contribution is 7.25. The van der Waals surface area contributed by atoms with Crippen molar-refractivity contribution < 1.29 is 0 Å². The Morgan fingerprint density at radius 2 is 0.839 bits per heavy atom. The van der Waals surface area contributed by atoms with Crippen LogP contribution in [-0.2, 0) is 0 Å². The summed E-state index contributed by atoms with van der Waals surface area (Å²) in [6.07, 6.45) is 0. The number of hydrogen-bond donors (Lipinski definition) is 0. The van der Waals surface area contributed by atoms with E-state index < -0.39 is 0 Å². The third kappa shape index (κ3) is 5.56. The molecule has 3 aromatic heterocycles. The molecule has 11 rings (SSSR count). The van der Waals surface area contributed by atoms with E-state index in [9.17, 15) is 0 Å². The fourth-order valence-electron chi connectivity index (χ4n) is 7.95. The zero-order valence-electron chi connectivity index (χ0n) is 30.2. The van der Waals surface area contributed by atoms with Gasteiger partial charge in [0.1, 0.15) is 0 Å². The topological polar surface area (TPSA) is 43.6 Å². The Morgan fingerprint density at radius 1 is 0.304 bits per heavy atom. The lowest BCUT2D eigenvalue weighted by molar-refractivity contribution is 1.07. The summed E-state index contributed by atoms with van der Waals surface area (Å²) in [6.45, 7) is 0. The van der Waals surface area contributed by atoms with Gasteiger partial charge >= 0.3 is 0 Å². The molecule has 0 saturated heterocycles. The first-order valence-corrected chi connectivity index (χ1v) is 19.6. The normalized spacial score (nSPS) is 11.6. The Hall–Kier alpha value is -7.21. The van der Waals surface area contributed by atoms with Crippen LogP contribution in [0.25, 0.3) is 104 Å². The quantitative estimate of drug-likeness (QED) is 0.171. The Labute approximate surface area is 327 Å². The maximum atomic E-state index is 5.11. The maximum absolute atomic E-state index is 5.11. The van der Waals surface area contributed by atoms with Crippen LogP contribution in [0.1, 0.15) is 0 Å². The Bertz CT molecular complexity index is 3180. The van der Waals surface area contributed by atoms with E-state index in [-0.39, 0.29) is 0 Å². The molecule has 4 nitrogen and oxygen atoms in total. The summed E-state index contributed by atoms with van der Waals surface area (Å²) in [5.41, 5.74) is 10.7. The smallest absolute Gasteiger partial charge is 0.164 e. The average molecular weight is 733 g/mol. The SMILES string of the molecule is c1ccc(-c2cc(-c3cccc(-n4c5ccccc5c5cc6c(cc54)sc4ccccc46)c3)cc(-c3nc(-c4ccccc4)nc(-c4ccccc4)n3)c2)cc1. The monoisotopic (exact) mass is 732 g/mol. The lowest BCUT2D eigenvalue weighted by Gasteiger charge is -2.14. The third-order valence-corrected chi connectivity index (χ3v) is 11.7. The Balaban J connectivity index is 1.11. The van der Waals surface area contributed by atoms with Crippen molar-refractivity contribution in [3.8, 4) is 62.1 Å². The molecular weight excluding hydrogens is 701 g/mol. The van der Waals surface area contributed by atoms with Crippen molar-refractivity contribution in [1.82, 2.24) is 19.5 Å². The summed E-state index contributed by atoms with van der Waals surface area (Å²) in [5.74, 6) is 1.91. The molecule has 0 atom stereocenters. The van der Waals surface area contributed by atoms with Gasteiger partial charge in [0.15, 0.2) is 17.5 Å². The molecule has 0 bridgehead atoms. The van der Waals surface area contributed by atoms with Gasteiger partial charge in [-0.15, -0.1) is 11.3 Å². The molecule has 0 radical (unpaired) electrons. The molecule has 262 valence electrons. The molecule has 8 aromatic carbocycles. The van der Waals surface area contributed by atoms with Crippen LogP contribution in [0.2, 0.25) is 0 Å². The molecule has 0 aliphatic carbocycles. The van der Waals surface area contributed by atoms with Crippen molar-refractivity contribution in [1.29, 1.82) is 0 Å². The highest BCUT2D eigenvalue weighted by atomic mass is 32.1. The van der Waals surface area contributed by atoms with E-state index in [1.165, 1.54) is 42.0 Å². The zero-order valence-corrected chi connectivity index (χ0v) is 31.0. The number of rotatable bonds is 6. The fourth-order valence-corrected chi connectivity index (χ4v) is 9.07. The summed E-state index contributed by atoms with van der Waals surface area (Å²) >= 11 is 1.86. The maximum Gasteiger partial charge on any atom is 0.164 e. The Morgan fingerprint density at radius 3 is 1.54 bits per heavy atom. The van der Waals surface area contributed by atoms with E-state index in [2.05, 4.69) is 138 Å². The summed E-state index contributed by atoms with van der Waals surface area (Å²) in [4.78, 5) is 15.2. The number of aromatic nitrogens is 4. The van der Waals surface area contributed by atoms with Crippen molar-refractivity contribution in [3.63, 3.8) is 0 Å². The predicted molar refractivity (Wildman–Crippen MR) is 234 cm³/mol. The highest BCUT2D eigenvalue weighted by Crippen LogP contribution is 2.41. The molecule has 5 heteroatoms. The van der Waals surface area contributed by atoms with Crippen LogP contribution < -0.4 is 0 Å². The van der Waals surface area contributed by atoms with Crippen LogP contribution in [0.4, 0.5) is 0 Å². The van der Waals surface area contributed by atoms with Gasteiger partial charge in [-0.25, -0.2) is 15.0 Å². The van der Waals surface area contributed by atoms with Gasteiger partial charge in [0.05, 0.1) is 11.0 Å². The summed E-state index contributed by atoms with van der Waals surface area (Å²) in [7, 11) is 0. The van der Waals surface area contributed by atoms with Gasteiger partial charge in [-0.2, -0.15) is 0 Å². The molecule has 11 aromatic rings.